The molecule has 2 saturated heterocycles. The Morgan fingerprint density at radius 2 is 2.12 bits per heavy atom. The standard InChI is InChI=1S/C25H29N7O2/c1-16(20-6-4-5-18(12-26)24(20)33-3)28-25-21-11-23(27-13-22(21)17(2)29-30-25)32-8-7-31-9-10-34-15-19(31)14-32/h4-6,11,13,16,19H,7-10,14-15H2,1-3H3,(H,28,30)/t16-,19+/m1/s1. The molecule has 1 N–H and O–H groups in total. The molecule has 34 heavy (non-hydrogen) atoms. The number of ether oxygens (including phenoxy) is 2. The maximum Gasteiger partial charge on any atom is 0.157 e. The van der Waals surface area contributed by atoms with Crippen molar-refractivity contribution in [2.75, 3.05) is 56.7 Å². The number of rotatable bonds is 5. The number of morpholine rings is 1. The van der Waals surface area contributed by atoms with E-state index in [-0.39, 0.29) is 6.04 Å². The number of para-hydroxylation sites is 1. The van der Waals surface area contributed by atoms with Gasteiger partial charge in [-0.1, -0.05) is 12.1 Å². The molecule has 2 fully saturated rings. The van der Waals surface area contributed by atoms with Crippen molar-refractivity contribution in [1.29, 1.82) is 5.26 Å². The molecule has 9 nitrogen and oxygen atoms in total. The molecule has 3 aromatic rings. The van der Waals surface area contributed by atoms with Gasteiger partial charge in [0.2, 0.25) is 0 Å². The summed E-state index contributed by atoms with van der Waals surface area (Å²) in [6, 6.07) is 10.1. The van der Waals surface area contributed by atoms with Crippen LogP contribution in [-0.4, -0.2) is 72.6 Å². The number of pyridine rings is 1. The molecule has 0 bridgehead atoms. The van der Waals surface area contributed by atoms with Gasteiger partial charge in [-0.3, -0.25) is 4.90 Å². The second-order valence-electron chi connectivity index (χ2n) is 8.84. The second-order valence-corrected chi connectivity index (χ2v) is 8.84. The Kier molecular flexibility index (Phi) is 6.18. The minimum atomic E-state index is -0.150. The van der Waals surface area contributed by atoms with Gasteiger partial charge in [0.25, 0.3) is 0 Å². The van der Waals surface area contributed by atoms with Crippen LogP contribution in [0.25, 0.3) is 10.8 Å². The van der Waals surface area contributed by atoms with Crippen molar-refractivity contribution in [1.82, 2.24) is 20.1 Å². The largest absolute Gasteiger partial charge is 0.495 e. The van der Waals surface area contributed by atoms with Crippen molar-refractivity contribution in [2.24, 2.45) is 0 Å². The third-order valence-electron chi connectivity index (χ3n) is 6.79. The van der Waals surface area contributed by atoms with E-state index in [4.69, 9.17) is 14.5 Å². The smallest absolute Gasteiger partial charge is 0.157 e. The summed E-state index contributed by atoms with van der Waals surface area (Å²) in [5, 5.41) is 23.7. The Labute approximate surface area is 199 Å². The summed E-state index contributed by atoms with van der Waals surface area (Å²) in [6.07, 6.45) is 1.89. The van der Waals surface area contributed by atoms with Crippen LogP contribution in [0.15, 0.2) is 30.5 Å². The van der Waals surface area contributed by atoms with E-state index in [2.05, 4.69) is 37.4 Å². The molecule has 176 valence electrons. The first kappa shape index (κ1) is 22.3. The molecule has 0 spiro atoms. The van der Waals surface area contributed by atoms with Crippen molar-refractivity contribution in [3.63, 3.8) is 0 Å². The minimum Gasteiger partial charge on any atom is -0.495 e. The van der Waals surface area contributed by atoms with Gasteiger partial charge < -0.3 is 19.7 Å². The maximum atomic E-state index is 9.45. The SMILES string of the molecule is COc1c(C#N)cccc1[C@@H](C)Nc1nnc(C)c2cnc(N3CCN4CCOC[C@@H]4C3)cc12. The zero-order valence-corrected chi connectivity index (χ0v) is 19.8. The van der Waals surface area contributed by atoms with Gasteiger partial charge in [-0.15, -0.1) is 5.10 Å². The van der Waals surface area contributed by atoms with E-state index in [0.717, 1.165) is 67.2 Å². The van der Waals surface area contributed by atoms with Gasteiger partial charge in [0, 0.05) is 48.7 Å². The average molecular weight is 460 g/mol. The molecule has 2 aliphatic rings. The van der Waals surface area contributed by atoms with Gasteiger partial charge in [-0.05, 0) is 26.0 Å². The average Bonchev–Trinajstić information content (AvgIpc) is 2.89. The topological polar surface area (TPSA) is 99.4 Å². The van der Waals surface area contributed by atoms with Crippen LogP contribution >= 0.6 is 0 Å². The fourth-order valence-corrected chi connectivity index (χ4v) is 4.89. The first-order chi connectivity index (χ1) is 16.6. The number of nitrogens with one attached hydrogen (secondary N) is 1. The first-order valence-corrected chi connectivity index (χ1v) is 11.6. The van der Waals surface area contributed by atoms with Crippen LogP contribution in [0.2, 0.25) is 0 Å². The van der Waals surface area contributed by atoms with E-state index in [1.54, 1.807) is 13.2 Å². The van der Waals surface area contributed by atoms with Crippen molar-refractivity contribution in [2.45, 2.75) is 25.9 Å². The molecule has 0 radical (unpaired) electrons. The third kappa shape index (κ3) is 4.11. The number of aromatic nitrogens is 3. The van der Waals surface area contributed by atoms with E-state index < -0.39 is 0 Å². The molecule has 1 aromatic carbocycles. The molecule has 0 saturated carbocycles. The molecule has 2 aliphatic heterocycles. The lowest BCUT2D eigenvalue weighted by Crippen LogP contribution is -2.58. The van der Waals surface area contributed by atoms with Crippen LogP contribution in [0.1, 0.15) is 29.8 Å². The lowest BCUT2D eigenvalue weighted by atomic mass is 10.0. The van der Waals surface area contributed by atoms with Crippen LogP contribution in [0.4, 0.5) is 11.6 Å². The first-order valence-electron chi connectivity index (χ1n) is 11.6. The molecule has 0 unspecified atom stereocenters. The maximum absolute atomic E-state index is 9.45. The lowest BCUT2D eigenvalue weighted by molar-refractivity contribution is -0.0117. The predicted molar refractivity (Wildman–Crippen MR) is 130 cm³/mol. The summed E-state index contributed by atoms with van der Waals surface area (Å²) in [4.78, 5) is 9.61. The molecule has 2 atom stereocenters. The number of hydrogen-bond donors (Lipinski definition) is 1. The van der Waals surface area contributed by atoms with Crippen LogP contribution in [0, 0.1) is 18.3 Å². The number of nitriles is 1. The van der Waals surface area contributed by atoms with Gasteiger partial charge in [-0.25, -0.2) is 4.98 Å². The molecular weight excluding hydrogens is 430 g/mol. The monoisotopic (exact) mass is 459 g/mol. The number of benzene rings is 1. The molecule has 0 amide bonds. The summed E-state index contributed by atoms with van der Waals surface area (Å²) in [7, 11) is 1.59. The van der Waals surface area contributed by atoms with Crippen molar-refractivity contribution >= 4 is 22.4 Å². The highest BCUT2D eigenvalue weighted by Gasteiger charge is 2.30. The molecule has 9 heteroatoms. The van der Waals surface area contributed by atoms with Gasteiger partial charge >= 0.3 is 0 Å². The number of hydrogen-bond acceptors (Lipinski definition) is 9. The molecular formula is C25H29N7O2. The lowest BCUT2D eigenvalue weighted by Gasteiger charge is -2.44. The summed E-state index contributed by atoms with van der Waals surface area (Å²) in [5.41, 5.74) is 2.23. The van der Waals surface area contributed by atoms with Gasteiger partial charge in [0.05, 0.1) is 43.7 Å². The Hall–Kier alpha value is -3.48. The number of piperazine rings is 1. The zero-order chi connectivity index (χ0) is 23.7. The van der Waals surface area contributed by atoms with Crippen molar-refractivity contribution in [3.05, 3.63) is 47.3 Å². The number of anilines is 2. The van der Waals surface area contributed by atoms with Crippen LogP contribution < -0.4 is 15.0 Å². The Bertz CT molecular complexity index is 1240. The zero-order valence-electron chi connectivity index (χ0n) is 19.8. The number of fused-ring (bicyclic) bond motifs is 2. The Morgan fingerprint density at radius 3 is 2.94 bits per heavy atom. The quantitative estimate of drug-likeness (QED) is 0.617. The minimum absolute atomic E-state index is 0.150. The van der Waals surface area contributed by atoms with Crippen LogP contribution in [-0.2, 0) is 4.74 Å². The molecule has 0 aliphatic carbocycles. The highest BCUT2D eigenvalue weighted by molar-refractivity contribution is 5.94. The van der Waals surface area contributed by atoms with E-state index in [9.17, 15) is 5.26 Å². The van der Waals surface area contributed by atoms with Crippen LogP contribution in [0.5, 0.6) is 5.75 Å². The fraction of sp³-hybridized carbons (Fsp3) is 0.440. The number of aryl methyl sites for hydroxylation is 1. The van der Waals surface area contributed by atoms with Gasteiger partial charge in [-0.2, -0.15) is 10.4 Å². The molecule has 2 aromatic heterocycles. The van der Waals surface area contributed by atoms with Gasteiger partial charge in [0.1, 0.15) is 17.6 Å². The fourth-order valence-electron chi connectivity index (χ4n) is 4.89. The molecule has 5 rings (SSSR count). The summed E-state index contributed by atoms with van der Waals surface area (Å²) < 4.78 is 11.2. The molecule has 4 heterocycles. The number of nitrogens with zero attached hydrogens (tertiary/aromatic N) is 6. The summed E-state index contributed by atoms with van der Waals surface area (Å²) in [6.45, 7) is 9.40. The van der Waals surface area contributed by atoms with Crippen LogP contribution in [0.3, 0.4) is 0 Å². The normalized spacial score (nSPS) is 19.4. The summed E-state index contributed by atoms with van der Waals surface area (Å²) >= 11 is 0. The van der Waals surface area contributed by atoms with E-state index >= 15 is 0 Å². The van der Waals surface area contributed by atoms with Gasteiger partial charge in [0.15, 0.2) is 5.82 Å². The Balaban J connectivity index is 1.46. The van der Waals surface area contributed by atoms with E-state index in [0.29, 0.717) is 23.2 Å². The highest BCUT2D eigenvalue weighted by Crippen LogP contribution is 2.33. The highest BCUT2D eigenvalue weighted by atomic mass is 16.5. The van der Waals surface area contributed by atoms with Crippen molar-refractivity contribution < 1.29 is 9.47 Å². The van der Waals surface area contributed by atoms with Crippen molar-refractivity contribution in [3.8, 4) is 11.8 Å². The van der Waals surface area contributed by atoms with E-state index in [1.165, 1.54) is 0 Å². The number of methoxy groups -OCH3 is 1. The third-order valence-corrected chi connectivity index (χ3v) is 6.79. The Morgan fingerprint density at radius 1 is 1.24 bits per heavy atom. The summed E-state index contributed by atoms with van der Waals surface area (Å²) in [5.74, 6) is 2.19. The van der Waals surface area contributed by atoms with E-state index in [1.807, 2.05) is 32.2 Å². The predicted octanol–water partition coefficient (Wildman–Crippen LogP) is 2.91. The second kappa shape index (κ2) is 9.41.